The van der Waals surface area contributed by atoms with Gasteiger partial charge in [0.2, 0.25) is 5.91 Å². The summed E-state index contributed by atoms with van der Waals surface area (Å²) in [5.41, 5.74) is -1.66. The maximum absolute atomic E-state index is 15.1. The summed E-state index contributed by atoms with van der Waals surface area (Å²) in [4.78, 5) is 44.7. The number of benzene rings is 3. The van der Waals surface area contributed by atoms with Crippen LogP contribution in [0.5, 0.6) is 5.75 Å². The number of rotatable bonds is 8. The van der Waals surface area contributed by atoms with E-state index in [0.717, 1.165) is 11.1 Å². The second-order valence-electron chi connectivity index (χ2n) is 12.3. The Labute approximate surface area is 252 Å². The number of carbonyl (C=O) groups is 3. The van der Waals surface area contributed by atoms with Crippen molar-refractivity contribution in [2.75, 3.05) is 13.7 Å². The molecule has 2 heterocycles. The number of hydrogen-bond donors (Lipinski definition) is 0. The van der Waals surface area contributed by atoms with Gasteiger partial charge in [-0.05, 0) is 57.4 Å². The van der Waals surface area contributed by atoms with Crippen LogP contribution in [-0.4, -0.2) is 48.1 Å². The number of esters is 2. The van der Waals surface area contributed by atoms with Gasteiger partial charge in [0.05, 0.1) is 26.2 Å². The van der Waals surface area contributed by atoms with Gasteiger partial charge in [-0.1, -0.05) is 72.8 Å². The van der Waals surface area contributed by atoms with Gasteiger partial charge in [0.25, 0.3) is 0 Å². The molecule has 2 fully saturated rings. The van der Waals surface area contributed by atoms with Crippen LogP contribution in [0.4, 0.5) is 0 Å². The van der Waals surface area contributed by atoms with E-state index < -0.39 is 40.5 Å². The van der Waals surface area contributed by atoms with Gasteiger partial charge in [-0.25, -0.2) is 0 Å². The molecular formula is C35H39NO7. The second kappa shape index (κ2) is 11.8. The Morgan fingerprint density at radius 2 is 1.53 bits per heavy atom. The fourth-order valence-electron chi connectivity index (χ4n) is 6.36. The molecule has 8 heteroatoms. The van der Waals surface area contributed by atoms with E-state index in [0.29, 0.717) is 17.7 Å². The maximum Gasteiger partial charge on any atom is 0.326 e. The molecule has 0 saturated carbocycles. The summed E-state index contributed by atoms with van der Waals surface area (Å²) in [7, 11) is 1.58. The second-order valence-corrected chi connectivity index (χ2v) is 12.3. The summed E-state index contributed by atoms with van der Waals surface area (Å²) in [6.07, 6.45) is 0.210. The molecule has 8 nitrogen and oxygen atoms in total. The molecule has 1 amide bonds. The van der Waals surface area contributed by atoms with Gasteiger partial charge in [-0.3, -0.25) is 14.4 Å². The van der Waals surface area contributed by atoms with E-state index in [4.69, 9.17) is 18.9 Å². The topological polar surface area (TPSA) is 91.4 Å². The van der Waals surface area contributed by atoms with E-state index in [1.165, 1.54) is 0 Å². The molecule has 4 atom stereocenters. The minimum Gasteiger partial charge on any atom is -0.497 e. The first kappa shape index (κ1) is 30.3. The molecule has 3 aromatic rings. The van der Waals surface area contributed by atoms with Crippen molar-refractivity contribution in [3.05, 3.63) is 102 Å². The number of amides is 1. The number of carbonyl (C=O) groups excluding carboxylic acids is 3. The first-order valence-corrected chi connectivity index (χ1v) is 14.6. The van der Waals surface area contributed by atoms with E-state index >= 15 is 4.79 Å². The molecule has 0 N–H and O–H groups in total. The number of nitrogens with zero attached hydrogens (tertiary/aromatic N) is 1. The Bertz CT molecular complexity index is 1450. The fraction of sp³-hybridized carbons (Fsp3) is 0.400. The number of ether oxygens (including phenoxy) is 4. The van der Waals surface area contributed by atoms with Gasteiger partial charge in [0.15, 0.2) is 11.1 Å². The van der Waals surface area contributed by atoms with Crippen LogP contribution in [0.15, 0.2) is 84.9 Å². The molecule has 2 saturated heterocycles. The zero-order valence-corrected chi connectivity index (χ0v) is 25.4. The monoisotopic (exact) mass is 585 g/mol. The zero-order valence-electron chi connectivity index (χ0n) is 25.4. The van der Waals surface area contributed by atoms with Crippen LogP contribution in [0.25, 0.3) is 0 Å². The van der Waals surface area contributed by atoms with E-state index in [2.05, 4.69) is 0 Å². The molecule has 0 aliphatic carbocycles. The molecule has 2 aliphatic rings. The molecule has 0 bridgehead atoms. The number of methoxy groups -OCH3 is 1. The first-order chi connectivity index (χ1) is 20.5. The third kappa shape index (κ3) is 5.76. The van der Waals surface area contributed by atoms with Crippen LogP contribution in [0.3, 0.4) is 0 Å². The Morgan fingerprint density at radius 1 is 0.930 bits per heavy atom. The number of hydrogen-bond acceptors (Lipinski definition) is 7. The van der Waals surface area contributed by atoms with Crippen LogP contribution in [0.2, 0.25) is 0 Å². The third-order valence-electron chi connectivity index (χ3n) is 8.33. The molecule has 5 rings (SSSR count). The third-order valence-corrected chi connectivity index (χ3v) is 8.33. The Hall–Kier alpha value is -4.17. The van der Waals surface area contributed by atoms with E-state index in [9.17, 15) is 9.59 Å². The summed E-state index contributed by atoms with van der Waals surface area (Å²) in [5.74, 6) is -1.70. The van der Waals surface area contributed by atoms with Crippen LogP contribution < -0.4 is 4.74 Å². The zero-order chi connectivity index (χ0) is 30.8. The van der Waals surface area contributed by atoms with Crippen molar-refractivity contribution in [2.24, 2.45) is 5.92 Å². The van der Waals surface area contributed by atoms with E-state index in [-0.39, 0.29) is 25.7 Å². The quantitative estimate of drug-likeness (QED) is 0.254. The predicted molar refractivity (Wildman–Crippen MR) is 160 cm³/mol. The summed E-state index contributed by atoms with van der Waals surface area (Å²) in [6.45, 7) is 7.45. The minimum atomic E-state index is -1.81. The SMILES string of the molecule is COc1ccc(COC(=O)C2(c3ccccc3)C(=O)N3[C@H](CO[C@@]3(C)c3ccccc3)C[C@H]2CC(=O)OC(C)(C)C)cc1. The van der Waals surface area contributed by atoms with Crippen molar-refractivity contribution in [2.45, 2.75) is 69.9 Å². The van der Waals surface area contributed by atoms with Crippen LogP contribution >= 0.6 is 0 Å². The summed E-state index contributed by atoms with van der Waals surface area (Å²) >= 11 is 0. The molecule has 226 valence electrons. The van der Waals surface area contributed by atoms with Crippen molar-refractivity contribution in [3.63, 3.8) is 0 Å². The Morgan fingerprint density at radius 3 is 2.12 bits per heavy atom. The summed E-state index contributed by atoms with van der Waals surface area (Å²) < 4.78 is 23.3. The van der Waals surface area contributed by atoms with Crippen molar-refractivity contribution in [1.82, 2.24) is 4.90 Å². The normalized spacial score (nSPS) is 25.1. The van der Waals surface area contributed by atoms with Crippen molar-refractivity contribution < 1.29 is 33.3 Å². The van der Waals surface area contributed by atoms with Gasteiger partial charge >= 0.3 is 11.9 Å². The molecule has 43 heavy (non-hydrogen) atoms. The molecule has 0 aromatic heterocycles. The van der Waals surface area contributed by atoms with E-state index in [1.54, 1.807) is 81.3 Å². The standard InChI is InChI=1S/C35H39NO7/c1-33(2,3)43-30(37)21-27-20-28-23-42-34(4,25-12-8-6-9-13-25)36(28)31(38)35(27,26-14-10-7-11-15-26)32(39)41-22-24-16-18-29(40-5)19-17-24/h6-19,27-28H,20-23H2,1-5H3/t27-,28-,34-,35?/m0/s1. The average molecular weight is 586 g/mol. The predicted octanol–water partition coefficient (Wildman–Crippen LogP) is 5.53. The summed E-state index contributed by atoms with van der Waals surface area (Å²) in [6, 6.07) is 25.2. The lowest BCUT2D eigenvalue weighted by Gasteiger charge is -2.50. The molecule has 0 radical (unpaired) electrons. The van der Waals surface area contributed by atoms with Crippen molar-refractivity contribution >= 4 is 17.8 Å². The van der Waals surface area contributed by atoms with Gasteiger partial charge in [-0.15, -0.1) is 0 Å². The highest BCUT2D eigenvalue weighted by Gasteiger charge is 2.66. The molecule has 2 aliphatic heterocycles. The lowest BCUT2D eigenvalue weighted by molar-refractivity contribution is -0.179. The highest BCUT2D eigenvalue weighted by molar-refractivity contribution is 6.10. The van der Waals surface area contributed by atoms with Gasteiger partial charge in [0, 0.05) is 11.5 Å². The van der Waals surface area contributed by atoms with Gasteiger partial charge < -0.3 is 23.8 Å². The van der Waals surface area contributed by atoms with Crippen molar-refractivity contribution in [1.29, 1.82) is 0 Å². The minimum absolute atomic E-state index is 0.0558. The lowest BCUT2D eigenvalue weighted by Crippen LogP contribution is -2.66. The molecule has 0 spiro atoms. The highest BCUT2D eigenvalue weighted by Crippen LogP contribution is 2.51. The number of piperidine rings is 1. The Balaban J connectivity index is 1.60. The fourth-order valence-corrected chi connectivity index (χ4v) is 6.36. The highest BCUT2D eigenvalue weighted by atomic mass is 16.6. The smallest absolute Gasteiger partial charge is 0.326 e. The molecule has 3 aromatic carbocycles. The maximum atomic E-state index is 15.1. The lowest BCUT2D eigenvalue weighted by atomic mass is 9.62. The van der Waals surface area contributed by atoms with E-state index in [1.807, 2.05) is 43.3 Å². The Kier molecular flexibility index (Phi) is 8.34. The van der Waals surface area contributed by atoms with Gasteiger partial charge in [0.1, 0.15) is 18.0 Å². The average Bonchev–Trinajstić information content (AvgIpc) is 3.33. The van der Waals surface area contributed by atoms with Crippen LogP contribution in [-0.2, 0) is 46.3 Å². The molecular weight excluding hydrogens is 546 g/mol. The first-order valence-electron chi connectivity index (χ1n) is 14.6. The summed E-state index contributed by atoms with van der Waals surface area (Å²) in [5, 5.41) is 0. The largest absolute Gasteiger partial charge is 0.497 e. The van der Waals surface area contributed by atoms with Crippen LogP contribution in [0, 0.1) is 5.92 Å². The number of fused-ring (bicyclic) bond motifs is 1. The van der Waals surface area contributed by atoms with Crippen LogP contribution in [0.1, 0.15) is 57.2 Å². The molecule has 1 unspecified atom stereocenters. The van der Waals surface area contributed by atoms with Gasteiger partial charge in [-0.2, -0.15) is 0 Å². The van der Waals surface area contributed by atoms with Crippen molar-refractivity contribution in [3.8, 4) is 5.75 Å².